The summed E-state index contributed by atoms with van der Waals surface area (Å²) >= 11 is 0. The Morgan fingerprint density at radius 1 is 1.00 bits per heavy atom. The molecule has 1 saturated carbocycles. The minimum atomic E-state index is 0.156. The minimum Gasteiger partial charge on any atom is -0.377 e. The van der Waals surface area contributed by atoms with Gasteiger partial charge in [0.1, 0.15) is 0 Å². The van der Waals surface area contributed by atoms with E-state index in [-0.39, 0.29) is 5.41 Å². The molecule has 1 fully saturated rings. The summed E-state index contributed by atoms with van der Waals surface area (Å²) in [7, 11) is 0. The first-order chi connectivity index (χ1) is 8.88. The first-order valence-electron chi connectivity index (χ1n) is 6.69. The molecule has 0 saturated heterocycles. The summed E-state index contributed by atoms with van der Waals surface area (Å²) in [6.07, 6.45) is 1.50. The molecule has 18 heavy (non-hydrogen) atoms. The van der Waals surface area contributed by atoms with Crippen LogP contribution in [0.2, 0.25) is 0 Å². The van der Waals surface area contributed by atoms with Crippen molar-refractivity contribution in [3.63, 3.8) is 0 Å². The maximum atomic E-state index is 5.90. The van der Waals surface area contributed by atoms with Crippen molar-refractivity contribution in [1.82, 2.24) is 0 Å². The van der Waals surface area contributed by atoms with Crippen molar-refractivity contribution in [3.8, 4) is 11.1 Å². The molecule has 0 heterocycles. The maximum absolute atomic E-state index is 5.90. The van der Waals surface area contributed by atoms with Gasteiger partial charge in [-0.1, -0.05) is 48.5 Å². The van der Waals surface area contributed by atoms with Crippen LogP contribution in [0.1, 0.15) is 24.5 Å². The number of rotatable bonds is 2. The first kappa shape index (κ1) is 10.3. The Morgan fingerprint density at radius 3 is 2.11 bits per heavy atom. The van der Waals surface area contributed by atoms with E-state index in [0.717, 1.165) is 13.0 Å². The lowest BCUT2D eigenvalue weighted by Crippen LogP contribution is -2.13. The number of ether oxygens (including phenoxy) is 1. The quantitative estimate of drug-likeness (QED) is 0.771. The van der Waals surface area contributed by atoms with Crippen LogP contribution in [0.25, 0.3) is 11.1 Å². The highest BCUT2D eigenvalue weighted by atomic mass is 16.5. The number of benzene rings is 2. The molecular formula is C17H16O. The van der Waals surface area contributed by atoms with Gasteiger partial charge in [0, 0.05) is 6.61 Å². The van der Waals surface area contributed by atoms with Gasteiger partial charge in [-0.3, -0.25) is 0 Å². The van der Waals surface area contributed by atoms with Gasteiger partial charge in [-0.15, -0.1) is 0 Å². The fraction of sp³-hybridized carbons (Fsp3) is 0.294. The van der Waals surface area contributed by atoms with Crippen LogP contribution in [0.15, 0.2) is 48.5 Å². The van der Waals surface area contributed by atoms with Gasteiger partial charge in [0.2, 0.25) is 0 Å². The predicted molar refractivity (Wildman–Crippen MR) is 72.7 cm³/mol. The summed E-state index contributed by atoms with van der Waals surface area (Å²) in [5.74, 6) is 0. The van der Waals surface area contributed by atoms with Crippen LogP contribution in [0.4, 0.5) is 0 Å². The first-order valence-corrected chi connectivity index (χ1v) is 6.69. The zero-order chi connectivity index (χ0) is 12.2. The smallest absolute Gasteiger partial charge is 0.0726 e. The standard InChI is InChI=1S/C17H16O/c1-2-18-16-11-17(16)14-9-5-3-7-12(14)13-8-4-6-10-15(13)17/h3-10,16H,2,11H2,1H3/t16-/m1/s1. The Morgan fingerprint density at radius 2 is 1.56 bits per heavy atom. The van der Waals surface area contributed by atoms with Gasteiger partial charge in [0.05, 0.1) is 11.5 Å². The van der Waals surface area contributed by atoms with Gasteiger partial charge < -0.3 is 4.74 Å². The lowest BCUT2D eigenvalue weighted by atomic mass is 9.93. The van der Waals surface area contributed by atoms with Gasteiger partial charge in [-0.25, -0.2) is 0 Å². The topological polar surface area (TPSA) is 9.23 Å². The Bertz CT molecular complexity index is 569. The second kappa shape index (κ2) is 3.46. The van der Waals surface area contributed by atoms with E-state index >= 15 is 0 Å². The molecule has 2 aromatic carbocycles. The monoisotopic (exact) mass is 236 g/mol. The molecule has 0 radical (unpaired) electrons. The molecule has 0 aliphatic heterocycles. The maximum Gasteiger partial charge on any atom is 0.0726 e. The van der Waals surface area contributed by atoms with E-state index in [1.165, 1.54) is 22.3 Å². The average Bonchev–Trinajstić information content (AvgIpc) is 3.06. The van der Waals surface area contributed by atoms with Crippen LogP contribution in [0.3, 0.4) is 0 Å². The highest BCUT2D eigenvalue weighted by Gasteiger charge is 2.61. The molecular weight excluding hydrogens is 220 g/mol. The van der Waals surface area contributed by atoms with Crippen LogP contribution >= 0.6 is 0 Å². The van der Waals surface area contributed by atoms with Crippen molar-refractivity contribution in [2.75, 3.05) is 6.61 Å². The van der Waals surface area contributed by atoms with Gasteiger partial charge in [-0.05, 0) is 35.6 Å². The highest BCUT2D eigenvalue weighted by Crippen LogP contribution is 2.63. The van der Waals surface area contributed by atoms with Crippen molar-refractivity contribution in [1.29, 1.82) is 0 Å². The van der Waals surface area contributed by atoms with E-state index < -0.39 is 0 Å². The SMILES string of the molecule is CCO[C@@H]1CC12c1ccccc1-c1ccccc12. The van der Waals surface area contributed by atoms with Crippen molar-refractivity contribution >= 4 is 0 Å². The molecule has 0 unspecified atom stereocenters. The fourth-order valence-electron chi connectivity index (χ4n) is 3.56. The van der Waals surface area contributed by atoms with Crippen LogP contribution in [-0.4, -0.2) is 12.7 Å². The van der Waals surface area contributed by atoms with Gasteiger partial charge in [0.15, 0.2) is 0 Å². The minimum absolute atomic E-state index is 0.156. The van der Waals surface area contributed by atoms with Crippen molar-refractivity contribution in [2.24, 2.45) is 0 Å². The van der Waals surface area contributed by atoms with Crippen LogP contribution in [0, 0.1) is 0 Å². The second-order valence-electron chi connectivity index (χ2n) is 5.21. The zero-order valence-corrected chi connectivity index (χ0v) is 10.5. The normalized spacial score (nSPS) is 21.7. The Labute approximate surface area is 107 Å². The van der Waals surface area contributed by atoms with E-state index in [4.69, 9.17) is 4.74 Å². The molecule has 2 aliphatic carbocycles. The molecule has 0 N–H and O–H groups in total. The summed E-state index contributed by atoms with van der Waals surface area (Å²) in [6.45, 7) is 2.88. The Hall–Kier alpha value is -1.60. The molecule has 1 nitrogen and oxygen atoms in total. The molecule has 0 bridgehead atoms. The molecule has 0 aromatic heterocycles. The molecule has 2 aliphatic rings. The summed E-state index contributed by atoms with van der Waals surface area (Å²) in [4.78, 5) is 0. The molecule has 1 heteroatoms. The third kappa shape index (κ3) is 1.10. The summed E-state index contributed by atoms with van der Waals surface area (Å²) in [5, 5.41) is 0. The molecule has 0 amide bonds. The largest absolute Gasteiger partial charge is 0.377 e. The Balaban J connectivity index is 1.95. The fourth-order valence-corrected chi connectivity index (χ4v) is 3.56. The third-order valence-electron chi connectivity index (χ3n) is 4.37. The Kier molecular flexibility index (Phi) is 1.98. The molecule has 1 spiro atoms. The average molecular weight is 236 g/mol. The van der Waals surface area contributed by atoms with Crippen LogP contribution in [-0.2, 0) is 10.2 Å². The molecule has 90 valence electrons. The zero-order valence-electron chi connectivity index (χ0n) is 10.5. The van der Waals surface area contributed by atoms with E-state index in [1.807, 2.05) is 0 Å². The lowest BCUT2D eigenvalue weighted by Gasteiger charge is -2.13. The number of hydrogen-bond acceptors (Lipinski definition) is 1. The number of fused-ring (bicyclic) bond motifs is 5. The lowest BCUT2D eigenvalue weighted by molar-refractivity contribution is 0.120. The van der Waals surface area contributed by atoms with E-state index in [2.05, 4.69) is 55.5 Å². The van der Waals surface area contributed by atoms with E-state index in [1.54, 1.807) is 0 Å². The molecule has 2 aromatic rings. The van der Waals surface area contributed by atoms with Crippen molar-refractivity contribution in [2.45, 2.75) is 24.9 Å². The van der Waals surface area contributed by atoms with Gasteiger partial charge in [-0.2, -0.15) is 0 Å². The molecule has 1 atom stereocenters. The summed E-state index contributed by atoms with van der Waals surface area (Å²) in [6, 6.07) is 17.6. The summed E-state index contributed by atoms with van der Waals surface area (Å²) in [5.41, 5.74) is 5.88. The van der Waals surface area contributed by atoms with Crippen molar-refractivity contribution in [3.05, 3.63) is 59.7 Å². The van der Waals surface area contributed by atoms with E-state index in [9.17, 15) is 0 Å². The van der Waals surface area contributed by atoms with Gasteiger partial charge in [0.25, 0.3) is 0 Å². The predicted octanol–water partition coefficient (Wildman–Crippen LogP) is 3.76. The third-order valence-corrected chi connectivity index (χ3v) is 4.37. The van der Waals surface area contributed by atoms with Crippen LogP contribution < -0.4 is 0 Å². The second-order valence-corrected chi connectivity index (χ2v) is 5.21. The molecule has 4 rings (SSSR count). The number of hydrogen-bond donors (Lipinski definition) is 0. The van der Waals surface area contributed by atoms with Crippen molar-refractivity contribution < 1.29 is 4.74 Å². The summed E-state index contributed by atoms with van der Waals surface area (Å²) < 4.78 is 5.90. The van der Waals surface area contributed by atoms with E-state index in [0.29, 0.717) is 6.10 Å². The highest BCUT2D eigenvalue weighted by molar-refractivity contribution is 5.83. The van der Waals surface area contributed by atoms with Crippen LogP contribution in [0.5, 0.6) is 0 Å². The van der Waals surface area contributed by atoms with Gasteiger partial charge >= 0.3 is 0 Å².